The van der Waals surface area contributed by atoms with Crippen molar-refractivity contribution in [2.45, 2.75) is 19.4 Å². The van der Waals surface area contributed by atoms with Gasteiger partial charge in [0.1, 0.15) is 5.75 Å². The van der Waals surface area contributed by atoms with Crippen LogP contribution in [0.1, 0.15) is 29.2 Å². The molecule has 1 aromatic heterocycles. The van der Waals surface area contributed by atoms with E-state index in [0.29, 0.717) is 29.0 Å². The standard InChI is InChI=1S/C23H27N3O4/c1-15-13-17(30-4)8-9-18(15)21(27)19-20(16-7-5-10-24-14-16)26(23(29)22(19)28)12-6-11-25(2)3/h5,7-10,13-14,20,27H,6,11-12H2,1-4H3/b21-19+. The fourth-order valence-corrected chi connectivity index (χ4v) is 3.75. The topological polar surface area (TPSA) is 87.0 Å². The highest BCUT2D eigenvalue weighted by atomic mass is 16.5. The van der Waals surface area contributed by atoms with E-state index in [1.165, 1.54) is 9.80 Å². The first-order chi connectivity index (χ1) is 14.3. The zero-order valence-electron chi connectivity index (χ0n) is 17.8. The van der Waals surface area contributed by atoms with E-state index >= 15 is 0 Å². The number of carbonyl (C=O) groups is 2. The molecule has 0 radical (unpaired) electrons. The van der Waals surface area contributed by atoms with Crippen LogP contribution in [0.4, 0.5) is 0 Å². The Morgan fingerprint density at radius 1 is 1.27 bits per heavy atom. The van der Waals surface area contributed by atoms with Crippen LogP contribution in [0.3, 0.4) is 0 Å². The summed E-state index contributed by atoms with van der Waals surface area (Å²) in [5.41, 5.74) is 1.72. The van der Waals surface area contributed by atoms with Crippen molar-refractivity contribution in [2.75, 3.05) is 34.3 Å². The summed E-state index contributed by atoms with van der Waals surface area (Å²) < 4.78 is 5.21. The van der Waals surface area contributed by atoms with E-state index in [1.54, 1.807) is 56.8 Å². The summed E-state index contributed by atoms with van der Waals surface area (Å²) in [6.07, 6.45) is 3.95. The van der Waals surface area contributed by atoms with Gasteiger partial charge < -0.3 is 19.6 Å². The summed E-state index contributed by atoms with van der Waals surface area (Å²) in [6, 6.07) is 7.86. The number of ether oxygens (including phenoxy) is 1. The summed E-state index contributed by atoms with van der Waals surface area (Å²) in [7, 11) is 5.61. The lowest BCUT2D eigenvalue weighted by Gasteiger charge is -2.27. The maximum Gasteiger partial charge on any atom is 0.295 e. The maximum absolute atomic E-state index is 13.4. The number of aryl methyl sites for hydroxylation is 1. The van der Waals surface area contributed by atoms with Gasteiger partial charge in [-0.3, -0.25) is 14.6 Å². The Hall–Kier alpha value is -3.19. The number of ketones is 1. The smallest absolute Gasteiger partial charge is 0.295 e. The largest absolute Gasteiger partial charge is 0.872 e. The number of hydrogen-bond acceptors (Lipinski definition) is 5. The molecule has 1 N–H and O–H groups in total. The Balaban J connectivity index is 2.09. The average molecular weight is 409 g/mol. The predicted molar refractivity (Wildman–Crippen MR) is 111 cm³/mol. The molecule has 2 heterocycles. The predicted octanol–water partition coefficient (Wildman–Crippen LogP) is 0.157. The number of nitrogens with zero attached hydrogens (tertiary/aromatic N) is 2. The monoisotopic (exact) mass is 409 g/mol. The Bertz CT molecular complexity index is 970. The molecule has 1 atom stereocenters. The van der Waals surface area contributed by atoms with E-state index in [2.05, 4.69) is 4.98 Å². The number of amides is 1. The molecular formula is C23H27N3O4. The molecule has 7 heteroatoms. The number of aromatic nitrogens is 1. The molecule has 0 saturated carbocycles. The van der Waals surface area contributed by atoms with Crippen LogP contribution in [0.2, 0.25) is 0 Å². The lowest BCUT2D eigenvalue weighted by Crippen LogP contribution is -3.05. The minimum atomic E-state index is -0.735. The van der Waals surface area contributed by atoms with Gasteiger partial charge in [-0.2, -0.15) is 0 Å². The van der Waals surface area contributed by atoms with Crippen LogP contribution < -0.4 is 14.7 Å². The molecular weight excluding hydrogens is 382 g/mol. The lowest BCUT2D eigenvalue weighted by molar-refractivity contribution is -0.858. The summed E-state index contributed by atoms with van der Waals surface area (Å²) in [5, 5.41) is 13.4. The van der Waals surface area contributed by atoms with Crippen molar-refractivity contribution < 1.29 is 24.3 Å². The molecule has 158 valence electrons. The number of benzene rings is 1. The summed E-state index contributed by atoms with van der Waals surface area (Å²) in [5.74, 6) is -1.17. The van der Waals surface area contributed by atoms with Crippen LogP contribution in [0.15, 0.2) is 48.3 Å². The van der Waals surface area contributed by atoms with Crippen LogP contribution in [-0.2, 0) is 9.59 Å². The fraction of sp³-hybridized carbons (Fsp3) is 0.348. The third-order valence-electron chi connectivity index (χ3n) is 5.28. The number of rotatable bonds is 7. The highest BCUT2D eigenvalue weighted by Crippen LogP contribution is 2.39. The average Bonchev–Trinajstić information content (AvgIpc) is 2.98. The number of carbonyl (C=O) groups excluding carboxylic acids is 2. The Morgan fingerprint density at radius 2 is 2.03 bits per heavy atom. The highest BCUT2D eigenvalue weighted by Gasteiger charge is 2.44. The summed E-state index contributed by atoms with van der Waals surface area (Å²) >= 11 is 0. The molecule has 2 aromatic rings. The molecule has 0 aliphatic carbocycles. The first kappa shape index (κ1) is 21.5. The summed E-state index contributed by atoms with van der Waals surface area (Å²) in [6.45, 7) is 3.03. The van der Waals surface area contributed by atoms with Crippen molar-refractivity contribution in [3.63, 3.8) is 0 Å². The van der Waals surface area contributed by atoms with Crippen molar-refractivity contribution >= 4 is 17.4 Å². The van der Waals surface area contributed by atoms with Crippen molar-refractivity contribution in [3.8, 4) is 5.75 Å². The molecule has 1 amide bonds. The first-order valence-corrected chi connectivity index (χ1v) is 9.95. The van der Waals surface area contributed by atoms with Gasteiger partial charge in [0.15, 0.2) is 0 Å². The Morgan fingerprint density at radius 3 is 2.63 bits per heavy atom. The van der Waals surface area contributed by atoms with Gasteiger partial charge in [0.25, 0.3) is 5.91 Å². The summed E-state index contributed by atoms with van der Waals surface area (Å²) in [4.78, 5) is 32.7. The number of quaternary nitrogens is 1. The van der Waals surface area contributed by atoms with Gasteiger partial charge in [0.05, 0.1) is 33.8 Å². The molecule has 1 saturated heterocycles. The molecule has 1 fully saturated rings. The number of likely N-dealkylation sites (tertiary alicyclic amines) is 1. The van der Waals surface area contributed by atoms with E-state index in [0.717, 1.165) is 13.0 Å². The second-order valence-electron chi connectivity index (χ2n) is 7.75. The van der Waals surface area contributed by atoms with E-state index in [4.69, 9.17) is 4.74 Å². The van der Waals surface area contributed by atoms with Gasteiger partial charge in [-0.25, -0.2) is 0 Å². The van der Waals surface area contributed by atoms with Crippen LogP contribution in [0.25, 0.3) is 5.76 Å². The highest BCUT2D eigenvalue weighted by molar-refractivity contribution is 6.46. The molecule has 1 aliphatic heterocycles. The first-order valence-electron chi connectivity index (χ1n) is 9.95. The van der Waals surface area contributed by atoms with Gasteiger partial charge in [0, 0.05) is 30.9 Å². The second kappa shape index (κ2) is 9.09. The van der Waals surface area contributed by atoms with E-state index in [1.807, 2.05) is 14.1 Å². The van der Waals surface area contributed by atoms with Crippen molar-refractivity contribution in [2.24, 2.45) is 0 Å². The molecule has 30 heavy (non-hydrogen) atoms. The third-order valence-corrected chi connectivity index (χ3v) is 5.28. The van der Waals surface area contributed by atoms with E-state index in [9.17, 15) is 14.7 Å². The quantitative estimate of drug-likeness (QED) is 0.400. The van der Waals surface area contributed by atoms with Crippen LogP contribution >= 0.6 is 0 Å². The van der Waals surface area contributed by atoms with Crippen molar-refractivity contribution in [3.05, 3.63) is 65.0 Å². The molecule has 0 spiro atoms. The zero-order chi connectivity index (χ0) is 21.8. The second-order valence-corrected chi connectivity index (χ2v) is 7.75. The van der Waals surface area contributed by atoms with E-state index in [-0.39, 0.29) is 5.57 Å². The van der Waals surface area contributed by atoms with E-state index < -0.39 is 23.5 Å². The van der Waals surface area contributed by atoms with Crippen LogP contribution in [0, 0.1) is 6.92 Å². The molecule has 1 unspecified atom stereocenters. The number of nitrogens with one attached hydrogen (secondary N) is 1. The van der Waals surface area contributed by atoms with Crippen LogP contribution in [0.5, 0.6) is 5.75 Å². The SMILES string of the molecule is COc1ccc(/C([O-])=C2\C(=O)C(=O)N(CCC[NH+](C)C)C2c2cccnc2)c(C)c1. The molecule has 1 aromatic carbocycles. The minimum Gasteiger partial charge on any atom is -0.872 e. The van der Waals surface area contributed by atoms with Gasteiger partial charge >= 0.3 is 0 Å². The van der Waals surface area contributed by atoms with Crippen LogP contribution in [-0.4, -0.2) is 55.9 Å². The molecule has 3 rings (SSSR count). The van der Waals surface area contributed by atoms with Gasteiger partial charge in [-0.15, -0.1) is 0 Å². The van der Waals surface area contributed by atoms with Crippen molar-refractivity contribution in [1.82, 2.24) is 9.88 Å². The van der Waals surface area contributed by atoms with Gasteiger partial charge in [-0.05, 0) is 41.8 Å². The van der Waals surface area contributed by atoms with Crippen molar-refractivity contribution in [1.29, 1.82) is 0 Å². The molecule has 1 aliphatic rings. The van der Waals surface area contributed by atoms with Gasteiger partial charge in [-0.1, -0.05) is 17.9 Å². The number of methoxy groups -OCH3 is 1. The zero-order valence-corrected chi connectivity index (χ0v) is 17.8. The Labute approximate surface area is 176 Å². The van der Waals surface area contributed by atoms with Gasteiger partial charge in [0.2, 0.25) is 5.78 Å². The molecule has 7 nitrogen and oxygen atoms in total. The molecule has 0 bridgehead atoms. The normalized spacial score (nSPS) is 18.3. The number of pyridine rings is 1. The number of Topliss-reactive ketones (excluding diaryl/α,β-unsaturated/α-hetero) is 1. The fourth-order valence-electron chi connectivity index (χ4n) is 3.75. The minimum absolute atomic E-state index is 0.0153. The number of hydrogen-bond donors (Lipinski definition) is 1. The maximum atomic E-state index is 13.4. The lowest BCUT2D eigenvalue weighted by atomic mass is 9.94. The third kappa shape index (κ3) is 4.21. The Kier molecular flexibility index (Phi) is 6.52.